The second-order valence-electron chi connectivity index (χ2n) is 10.6. The van der Waals surface area contributed by atoms with Crippen LogP contribution in [0.2, 0.25) is 0 Å². The highest BCUT2D eigenvalue weighted by molar-refractivity contribution is 5.94. The zero-order chi connectivity index (χ0) is 27.3. The molecule has 0 saturated heterocycles. The van der Waals surface area contributed by atoms with Gasteiger partial charge in [0.1, 0.15) is 23.0 Å². The number of halogens is 2. The Labute approximate surface area is 223 Å². The average molecular weight is 523 g/mol. The summed E-state index contributed by atoms with van der Waals surface area (Å²) in [5, 5.41) is 17.2. The minimum Gasteiger partial charge on any atom is -0.488 e. The van der Waals surface area contributed by atoms with E-state index >= 15 is 0 Å². The molecule has 7 heteroatoms. The predicted molar refractivity (Wildman–Crippen MR) is 144 cm³/mol. The molecule has 2 unspecified atom stereocenters. The number of hydrogen-bond donors (Lipinski definition) is 3. The summed E-state index contributed by atoms with van der Waals surface area (Å²) in [6.45, 7) is 6.89. The minimum atomic E-state index is -0.999. The quantitative estimate of drug-likeness (QED) is 0.346. The number of benzene rings is 3. The van der Waals surface area contributed by atoms with Crippen LogP contribution >= 0.6 is 0 Å². The van der Waals surface area contributed by atoms with Crippen molar-refractivity contribution in [1.82, 2.24) is 10.6 Å². The van der Waals surface area contributed by atoms with Crippen LogP contribution in [-0.2, 0) is 25.8 Å². The standard InChI is InChI=1S/C31H36F2N2O3/c1-4-20-6-5-7-21(12-20)18-34-19-28(36)27(15-22-13-25(32)17-26(33)14-22)35-30(37)24-8-9-29-23(16-24)10-11-31(2,3)38-29/h5-9,12-14,16-17,27-28,34,36H,4,10-11,15,18-19H2,1-3H3,(H,35,37). The molecule has 0 fully saturated rings. The fourth-order valence-electron chi connectivity index (χ4n) is 4.78. The number of carbonyl (C=O) groups excluding carboxylic acids is 1. The fraction of sp³-hybridized carbons (Fsp3) is 0.387. The third-order valence-corrected chi connectivity index (χ3v) is 6.95. The lowest BCUT2D eigenvalue weighted by atomic mass is 9.93. The van der Waals surface area contributed by atoms with Crippen molar-refractivity contribution in [3.63, 3.8) is 0 Å². The first-order valence-corrected chi connectivity index (χ1v) is 13.2. The first kappa shape index (κ1) is 27.7. The molecule has 0 saturated carbocycles. The lowest BCUT2D eigenvalue weighted by molar-refractivity contribution is 0.0821. The predicted octanol–water partition coefficient (Wildman–Crippen LogP) is 5.12. The number of carbonyl (C=O) groups is 1. The molecule has 3 aromatic carbocycles. The number of aliphatic hydroxyl groups is 1. The van der Waals surface area contributed by atoms with E-state index in [0.29, 0.717) is 17.7 Å². The van der Waals surface area contributed by atoms with Crippen LogP contribution in [0.1, 0.15) is 59.8 Å². The fourth-order valence-corrected chi connectivity index (χ4v) is 4.78. The van der Waals surface area contributed by atoms with Crippen molar-refractivity contribution < 1.29 is 23.4 Å². The number of fused-ring (bicyclic) bond motifs is 1. The molecule has 1 aliphatic rings. The van der Waals surface area contributed by atoms with E-state index < -0.39 is 23.8 Å². The van der Waals surface area contributed by atoms with E-state index in [1.165, 1.54) is 17.7 Å². The normalized spacial score (nSPS) is 15.7. The molecular weight excluding hydrogens is 486 g/mol. The van der Waals surface area contributed by atoms with E-state index in [4.69, 9.17) is 4.74 Å². The molecule has 1 heterocycles. The summed E-state index contributed by atoms with van der Waals surface area (Å²) in [7, 11) is 0. The van der Waals surface area contributed by atoms with Gasteiger partial charge in [0.15, 0.2) is 0 Å². The molecule has 5 nitrogen and oxygen atoms in total. The van der Waals surface area contributed by atoms with Gasteiger partial charge in [-0.1, -0.05) is 31.2 Å². The molecule has 0 bridgehead atoms. The molecule has 0 spiro atoms. The zero-order valence-corrected chi connectivity index (χ0v) is 22.2. The number of nitrogens with one attached hydrogen (secondary N) is 2. The molecule has 4 rings (SSSR count). The molecule has 0 aromatic heterocycles. The third kappa shape index (κ3) is 7.39. The second-order valence-corrected chi connectivity index (χ2v) is 10.6. The van der Waals surface area contributed by atoms with Gasteiger partial charge in [0.25, 0.3) is 5.91 Å². The maximum absolute atomic E-state index is 13.9. The van der Waals surface area contributed by atoms with E-state index in [9.17, 15) is 18.7 Å². The monoisotopic (exact) mass is 522 g/mol. The maximum Gasteiger partial charge on any atom is 0.251 e. The lowest BCUT2D eigenvalue weighted by Gasteiger charge is -2.32. The summed E-state index contributed by atoms with van der Waals surface area (Å²) in [5.74, 6) is -1.01. The van der Waals surface area contributed by atoms with Crippen molar-refractivity contribution in [2.24, 2.45) is 0 Å². The molecule has 0 radical (unpaired) electrons. The van der Waals surface area contributed by atoms with E-state index in [1.807, 2.05) is 32.0 Å². The summed E-state index contributed by atoms with van der Waals surface area (Å²) < 4.78 is 33.7. The minimum absolute atomic E-state index is 0.0663. The van der Waals surface area contributed by atoms with E-state index in [-0.39, 0.29) is 24.5 Å². The van der Waals surface area contributed by atoms with Crippen LogP contribution in [0, 0.1) is 11.6 Å². The SMILES string of the molecule is CCc1cccc(CNCC(O)C(Cc2cc(F)cc(F)c2)NC(=O)c2ccc3c(c2)CCC(C)(C)O3)c1. The van der Waals surface area contributed by atoms with Gasteiger partial charge in [0, 0.05) is 24.7 Å². The second kappa shape index (κ2) is 12.0. The molecular formula is C31H36F2N2O3. The van der Waals surface area contributed by atoms with Gasteiger partial charge in [0.2, 0.25) is 0 Å². The molecule has 3 aromatic rings. The number of aryl methyl sites for hydroxylation is 2. The molecule has 38 heavy (non-hydrogen) atoms. The van der Waals surface area contributed by atoms with E-state index in [0.717, 1.165) is 42.2 Å². The molecule has 202 valence electrons. The first-order valence-electron chi connectivity index (χ1n) is 13.2. The van der Waals surface area contributed by atoms with Gasteiger partial charge in [-0.25, -0.2) is 8.78 Å². The molecule has 3 N–H and O–H groups in total. The van der Waals surface area contributed by atoms with Crippen LogP contribution in [0.4, 0.5) is 8.78 Å². The Morgan fingerprint density at radius 1 is 1.03 bits per heavy atom. The Hall–Kier alpha value is -3.29. The van der Waals surface area contributed by atoms with Crippen molar-refractivity contribution >= 4 is 5.91 Å². The Bertz CT molecular complexity index is 1260. The summed E-state index contributed by atoms with van der Waals surface area (Å²) >= 11 is 0. The van der Waals surface area contributed by atoms with Crippen LogP contribution in [0.25, 0.3) is 0 Å². The van der Waals surface area contributed by atoms with E-state index in [2.05, 4.69) is 29.7 Å². The van der Waals surface area contributed by atoms with Crippen molar-refractivity contribution in [3.05, 3.63) is 100 Å². The Balaban J connectivity index is 1.47. The van der Waals surface area contributed by atoms with Crippen molar-refractivity contribution in [3.8, 4) is 5.75 Å². The van der Waals surface area contributed by atoms with Gasteiger partial charge in [-0.2, -0.15) is 0 Å². The highest BCUT2D eigenvalue weighted by Gasteiger charge is 2.28. The van der Waals surface area contributed by atoms with Crippen LogP contribution in [0.3, 0.4) is 0 Å². The summed E-state index contributed by atoms with van der Waals surface area (Å²) in [4.78, 5) is 13.2. The summed E-state index contributed by atoms with van der Waals surface area (Å²) in [5.41, 5.74) is 3.81. The molecule has 0 aliphatic carbocycles. The number of hydrogen-bond acceptors (Lipinski definition) is 4. The van der Waals surface area contributed by atoms with Gasteiger partial charge < -0.3 is 20.5 Å². The first-order chi connectivity index (χ1) is 18.1. The smallest absolute Gasteiger partial charge is 0.251 e. The van der Waals surface area contributed by atoms with Crippen LogP contribution in [0.15, 0.2) is 60.7 Å². The van der Waals surface area contributed by atoms with Gasteiger partial charge >= 0.3 is 0 Å². The number of ether oxygens (including phenoxy) is 1. The Morgan fingerprint density at radius 3 is 2.50 bits per heavy atom. The number of rotatable bonds is 10. The number of aliphatic hydroxyl groups excluding tert-OH is 1. The number of amides is 1. The Kier molecular flexibility index (Phi) is 8.80. The van der Waals surface area contributed by atoms with Crippen molar-refractivity contribution in [2.45, 2.75) is 70.7 Å². The zero-order valence-electron chi connectivity index (χ0n) is 22.2. The molecule has 2 atom stereocenters. The van der Waals surface area contributed by atoms with Crippen LogP contribution in [0.5, 0.6) is 5.75 Å². The maximum atomic E-state index is 13.9. The topological polar surface area (TPSA) is 70.6 Å². The van der Waals surface area contributed by atoms with Crippen molar-refractivity contribution in [1.29, 1.82) is 0 Å². The van der Waals surface area contributed by atoms with Gasteiger partial charge in [-0.05, 0) is 92.1 Å². The van der Waals surface area contributed by atoms with E-state index in [1.54, 1.807) is 12.1 Å². The lowest BCUT2D eigenvalue weighted by Crippen LogP contribution is -2.48. The largest absolute Gasteiger partial charge is 0.488 e. The molecule has 1 amide bonds. The highest BCUT2D eigenvalue weighted by atomic mass is 19.1. The van der Waals surface area contributed by atoms with Gasteiger partial charge in [-0.3, -0.25) is 4.79 Å². The summed E-state index contributed by atoms with van der Waals surface area (Å²) in [6.07, 6.45) is 1.63. The highest BCUT2D eigenvalue weighted by Crippen LogP contribution is 2.33. The van der Waals surface area contributed by atoms with Crippen molar-refractivity contribution in [2.75, 3.05) is 6.54 Å². The van der Waals surface area contributed by atoms with Crippen LogP contribution in [-0.4, -0.2) is 35.3 Å². The average Bonchev–Trinajstić information content (AvgIpc) is 2.87. The Morgan fingerprint density at radius 2 is 1.76 bits per heavy atom. The third-order valence-electron chi connectivity index (χ3n) is 6.95. The summed E-state index contributed by atoms with van der Waals surface area (Å²) in [6, 6.07) is 15.9. The molecule has 1 aliphatic heterocycles. The van der Waals surface area contributed by atoms with Gasteiger partial charge in [-0.15, -0.1) is 0 Å². The van der Waals surface area contributed by atoms with Crippen LogP contribution < -0.4 is 15.4 Å². The van der Waals surface area contributed by atoms with Gasteiger partial charge in [0.05, 0.1) is 12.1 Å².